The van der Waals surface area contributed by atoms with Gasteiger partial charge in [0, 0.05) is 24.8 Å². The second-order valence-corrected chi connectivity index (χ2v) is 5.28. The van der Waals surface area contributed by atoms with Crippen molar-refractivity contribution in [2.45, 2.75) is 13.0 Å². The summed E-state index contributed by atoms with van der Waals surface area (Å²) in [6.07, 6.45) is 1.66. The predicted molar refractivity (Wildman–Crippen MR) is 82.0 cm³/mol. The average molecular weight is 344 g/mol. The van der Waals surface area contributed by atoms with Crippen LogP contribution in [-0.4, -0.2) is 40.8 Å². The topological polar surface area (TPSA) is 47.4 Å². The number of carbonyl (C=O) groups excluding carboxylic acids is 1. The fourth-order valence-corrected chi connectivity index (χ4v) is 2.09. The highest BCUT2D eigenvalue weighted by Gasteiger charge is 2.16. The minimum Gasteiger partial charge on any atom is -0.493 e. The van der Waals surface area contributed by atoms with Gasteiger partial charge in [-0.05, 0) is 30.7 Å². The molecule has 0 aliphatic rings. The first-order valence-electron chi connectivity index (χ1n) is 6.94. The lowest BCUT2D eigenvalue weighted by Crippen LogP contribution is -2.29. The largest absolute Gasteiger partial charge is 0.493 e. The summed E-state index contributed by atoms with van der Waals surface area (Å²) >= 11 is 5.85. The van der Waals surface area contributed by atoms with Crippen molar-refractivity contribution in [3.63, 3.8) is 0 Å². The van der Waals surface area contributed by atoms with E-state index in [4.69, 9.17) is 16.3 Å². The molecule has 0 atom stereocenters. The summed E-state index contributed by atoms with van der Waals surface area (Å²) in [6, 6.07) is 8.30. The quantitative estimate of drug-likeness (QED) is 0.723. The van der Waals surface area contributed by atoms with Gasteiger partial charge in [0.1, 0.15) is 5.75 Å². The molecule has 23 heavy (non-hydrogen) atoms. The lowest BCUT2D eigenvalue weighted by Gasteiger charge is -2.16. The van der Waals surface area contributed by atoms with Gasteiger partial charge in [0.05, 0.1) is 6.61 Å². The molecular weight excluding hydrogens is 328 g/mol. The Kier molecular flexibility index (Phi) is 5.92. The number of nitrogens with zero attached hydrogens (tertiary/aromatic N) is 3. The van der Waals surface area contributed by atoms with Crippen LogP contribution in [0.15, 0.2) is 36.5 Å². The van der Waals surface area contributed by atoms with E-state index in [1.807, 2.05) is 0 Å². The van der Waals surface area contributed by atoms with Crippen LogP contribution in [0.25, 0.3) is 0 Å². The molecule has 1 aromatic carbocycles. The van der Waals surface area contributed by atoms with Crippen molar-refractivity contribution >= 4 is 17.5 Å². The molecular formula is C15H16ClF2N3O2. The van der Waals surface area contributed by atoms with E-state index >= 15 is 0 Å². The molecule has 1 amide bonds. The third-order valence-corrected chi connectivity index (χ3v) is 3.31. The predicted octanol–water partition coefficient (Wildman–Crippen LogP) is 3.47. The Balaban J connectivity index is 1.77. The molecule has 0 saturated carbocycles. The smallest absolute Gasteiger partial charge is 0.333 e. The first-order valence-corrected chi connectivity index (χ1v) is 7.32. The Hall–Kier alpha value is -2.15. The van der Waals surface area contributed by atoms with E-state index in [9.17, 15) is 13.6 Å². The summed E-state index contributed by atoms with van der Waals surface area (Å²) in [6.45, 7) is -1.93. The second kappa shape index (κ2) is 7.92. The van der Waals surface area contributed by atoms with E-state index in [0.717, 1.165) is 6.20 Å². The minimum atomic E-state index is -2.76. The van der Waals surface area contributed by atoms with E-state index in [0.29, 0.717) is 35.0 Å². The normalized spacial score (nSPS) is 10.8. The summed E-state index contributed by atoms with van der Waals surface area (Å²) < 4.78 is 30.8. The molecule has 124 valence electrons. The SMILES string of the molecule is CN(CCCOc1cccc(Cl)c1)C(=O)c1ccn(C(F)F)n1. The Morgan fingerprint density at radius 2 is 2.22 bits per heavy atom. The highest BCUT2D eigenvalue weighted by Crippen LogP contribution is 2.17. The zero-order valence-electron chi connectivity index (χ0n) is 12.5. The van der Waals surface area contributed by atoms with Gasteiger partial charge in [0.25, 0.3) is 5.91 Å². The maximum absolute atomic E-state index is 12.4. The van der Waals surface area contributed by atoms with E-state index in [1.165, 1.54) is 11.0 Å². The number of hydrogen-bond donors (Lipinski definition) is 0. The lowest BCUT2D eigenvalue weighted by molar-refractivity contribution is 0.0553. The molecule has 0 bridgehead atoms. The summed E-state index contributed by atoms with van der Waals surface area (Å²) in [4.78, 5) is 13.5. The van der Waals surface area contributed by atoms with Crippen LogP contribution in [0, 0.1) is 0 Å². The van der Waals surface area contributed by atoms with Gasteiger partial charge >= 0.3 is 6.55 Å². The molecule has 0 spiro atoms. The number of amides is 1. The Labute approximate surface area is 137 Å². The van der Waals surface area contributed by atoms with E-state index in [2.05, 4.69) is 5.10 Å². The molecule has 5 nitrogen and oxygen atoms in total. The molecule has 2 rings (SSSR count). The van der Waals surface area contributed by atoms with Gasteiger partial charge in [0.2, 0.25) is 0 Å². The highest BCUT2D eigenvalue weighted by molar-refractivity contribution is 6.30. The number of rotatable bonds is 7. The van der Waals surface area contributed by atoms with Crippen molar-refractivity contribution in [2.75, 3.05) is 20.2 Å². The first-order chi connectivity index (χ1) is 11.0. The van der Waals surface area contributed by atoms with Crippen molar-refractivity contribution < 1.29 is 18.3 Å². The number of aromatic nitrogens is 2. The zero-order valence-corrected chi connectivity index (χ0v) is 13.2. The van der Waals surface area contributed by atoms with Gasteiger partial charge in [0.15, 0.2) is 5.69 Å². The van der Waals surface area contributed by atoms with Crippen LogP contribution in [0.3, 0.4) is 0 Å². The van der Waals surface area contributed by atoms with Crippen molar-refractivity contribution in [1.29, 1.82) is 0 Å². The minimum absolute atomic E-state index is 0.0106. The lowest BCUT2D eigenvalue weighted by atomic mass is 10.3. The maximum Gasteiger partial charge on any atom is 0.333 e. The van der Waals surface area contributed by atoms with Crippen molar-refractivity contribution in [2.24, 2.45) is 0 Å². The third-order valence-electron chi connectivity index (χ3n) is 3.08. The number of benzene rings is 1. The molecule has 0 saturated heterocycles. The summed E-state index contributed by atoms with van der Waals surface area (Å²) in [5.41, 5.74) is -0.0106. The van der Waals surface area contributed by atoms with Gasteiger partial charge < -0.3 is 9.64 Å². The molecule has 2 aromatic rings. The van der Waals surface area contributed by atoms with Crippen LogP contribution in [0.5, 0.6) is 5.75 Å². The Morgan fingerprint density at radius 3 is 2.87 bits per heavy atom. The highest BCUT2D eigenvalue weighted by atomic mass is 35.5. The standard InChI is InChI=1S/C15H16ClF2N3O2/c1-20(14(22)13-6-8-21(19-13)15(17)18)7-3-9-23-12-5-2-4-11(16)10-12/h2,4-6,8,10,15H,3,7,9H2,1H3. The van der Waals surface area contributed by atoms with Crippen molar-refractivity contribution in [3.05, 3.63) is 47.2 Å². The maximum atomic E-state index is 12.4. The number of carbonyl (C=O) groups is 1. The number of hydrogen-bond acceptors (Lipinski definition) is 3. The summed E-state index contributed by atoms with van der Waals surface area (Å²) in [5, 5.41) is 4.13. The molecule has 0 aliphatic heterocycles. The van der Waals surface area contributed by atoms with Crippen LogP contribution >= 0.6 is 11.6 Å². The molecule has 0 fully saturated rings. The van der Waals surface area contributed by atoms with Crippen molar-refractivity contribution in [1.82, 2.24) is 14.7 Å². The van der Waals surface area contributed by atoms with Crippen LogP contribution < -0.4 is 4.74 Å². The second-order valence-electron chi connectivity index (χ2n) is 4.84. The average Bonchev–Trinajstić information content (AvgIpc) is 3.01. The molecule has 8 heteroatoms. The molecule has 1 heterocycles. The van der Waals surface area contributed by atoms with Crippen LogP contribution in [0.1, 0.15) is 23.5 Å². The number of ether oxygens (including phenoxy) is 1. The van der Waals surface area contributed by atoms with E-state index < -0.39 is 12.5 Å². The van der Waals surface area contributed by atoms with Crippen LogP contribution in [0.2, 0.25) is 5.02 Å². The van der Waals surface area contributed by atoms with Gasteiger partial charge in [-0.15, -0.1) is 0 Å². The van der Waals surface area contributed by atoms with Crippen LogP contribution in [-0.2, 0) is 0 Å². The van der Waals surface area contributed by atoms with Gasteiger partial charge in [-0.2, -0.15) is 13.9 Å². The molecule has 0 aliphatic carbocycles. The number of alkyl halides is 2. The molecule has 0 N–H and O–H groups in total. The van der Waals surface area contributed by atoms with E-state index in [1.54, 1.807) is 31.3 Å². The Bertz CT molecular complexity index is 664. The fourth-order valence-electron chi connectivity index (χ4n) is 1.91. The summed E-state index contributed by atoms with van der Waals surface area (Å²) in [7, 11) is 1.59. The zero-order chi connectivity index (χ0) is 16.8. The van der Waals surface area contributed by atoms with Gasteiger partial charge in [-0.25, -0.2) is 4.68 Å². The fraction of sp³-hybridized carbons (Fsp3) is 0.333. The third kappa shape index (κ3) is 4.92. The summed E-state index contributed by atoms with van der Waals surface area (Å²) in [5.74, 6) is 0.245. The Morgan fingerprint density at radius 1 is 1.43 bits per heavy atom. The first kappa shape index (κ1) is 17.2. The monoisotopic (exact) mass is 343 g/mol. The van der Waals surface area contributed by atoms with Crippen molar-refractivity contribution in [3.8, 4) is 5.75 Å². The van der Waals surface area contributed by atoms with Gasteiger partial charge in [-0.1, -0.05) is 17.7 Å². The van der Waals surface area contributed by atoms with Crippen LogP contribution in [0.4, 0.5) is 8.78 Å². The number of halogens is 3. The van der Waals surface area contributed by atoms with E-state index in [-0.39, 0.29) is 5.69 Å². The molecule has 1 aromatic heterocycles. The molecule has 0 radical (unpaired) electrons. The molecule has 0 unspecified atom stereocenters. The van der Waals surface area contributed by atoms with Gasteiger partial charge in [-0.3, -0.25) is 4.79 Å².